The molecule has 17 heavy (non-hydrogen) atoms. The van der Waals surface area contributed by atoms with E-state index >= 15 is 0 Å². The molecule has 5 nitrogen and oxygen atoms in total. The maximum absolute atomic E-state index is 11.0. The SMILES string of the molecule is CS(=O)(=O)Nc1ccc(CC2=NCCN2)cc1. The van der Waals surface area contributed by atoms with Gasteiger partial charge in [-0.25, -0.2) is 8.42 Å². The number of nitrogens with one attached hydrogen (secondary N) is 2. The Kier molecular flexibility index (Phi) is 3.33. The van der Waals surface area contributed by atoms with Crippen LogP contribution < -0.4 is 10.0 Å². The van der Waals surface area contributed by atoms with Crippen LogP contribution in [0.15, 0.2) is 29.3 Å². The van der Waals surface area contributed by atoms with Gasteiger partial charge in [-0.15, -0.1) is 0 Å². The Morgan fingerprint density at radius 3 is 2.59 bits per heavy atom. The third-order valence-corrected chi connectivity index (χ3v) is 2.98. The highest BCUT2D eigenvalue weighted by atomic mass is 32.2. The average Bonchev–Trinajstić information content (AvgIpc) is 2.71. The number of hydrogen-bond donors (Lipinski definition) is 2. The lowest BCUT2D eigenvalue weighted by molar-refractivity contribution is 0.607. The molecule has 0 saturated heterocycles. The van der Waals surface area contributed by atoms with Crippen molar-refractivity contribution in [1.29, 1.82) is 0 Å². The third-order valence-electron chi connectivity index (χ3n) is 2.37. The van der Waals surface area contributed by atoms with Crippen molar-refractivity contribution in [3.63, 3.8) is 0 Å². The lowest BCUT2D eigenvalue weighted by Gasteiger charge is -2.06. The zero-order chi connectivity index (χ0) is 12.3. The van der Waals surface area contributed by atoms with Crippen LogP contribution in [0.25, 0.3) is 0 Å². The number of nitrogens with zero attached hydrogens (tertiary/aromatic N) is 1. The molecule has 1 aliphatic rings. The second-order valence-electron chi connectivity index (χ2n) is 4.00. The summed E-state index contributed by atoms with van der Waals surface area (Å²) in [5.41, 5.74) is 1.69. The van der Waals surface area contributed by atoms with Gasteiger partial charge < -0.3 is 5.32 Å². The molecule has 0 aromatic heterocycles. The molecular weight excluding hydrogens is 238 g/mol. The lowest BCUT2D eigenvalue weighted by Crippen LogP contribution is -2.20. The van der Waals surface area contributed by atoms with E-state index in [1.54, 1.807) is 12.1 Å². The molecule has 6 heteroatoms. The van der Waals surface area contributed by atoms with Crippen molar-refractivity contribution in [3.05, 3.63) is 29.8 Å². The molecule has 1 aromatic rings. The van der Waals surface area contributed by atoms with Gasteiger partial charge in [0.25, 0.3) is 0 Å². The van der Waals surface area contributed by atoms with Crippen molar-refractivity contribution in [2.24, 2.45) is 4.99 Å². The highest BCUT2D eigenvalue weighted by Crippen LogP contribution is 2.11. The largest absolute Gasteiger partial charge is 0.372 e. The molecule has 92 valence electrons. The molecule has 0 fully saturated rings. The van der Waals surface area contributed by atoms with Gasteiger partial charge >= 0.3 is 0 Å². The quantitative estimate of drug-likeness (QED) is 0.825. The fourth-order valence-electron chi connectivity index (χ4n) is 1.66. The maximum Gasteiger partial charge on any atom is 0.229 e. The Balaban J connectivity index is 2.02. The van der Waals surface area contributed by atoms with E-state index in [9.17, 15) is 8.42 Å². The minimum Gasteiger partial charge on any atom is -0.372 e. The highest BCUT2D eigenvalue weighted by molar-refractivity contribution is 7.92. The van der Waals surface area contributed by atoms with Crippen LogP contribution in [0.4, 0.5) is 5.69 Å². The summed E-state index contributed by atoms with van der Waals surface area (Å²) in [4.78, 5) is 4.31. The topological polar surface area (TPSA) is 70.6 Å². The third kappa shape index (κ3) is 3.74. The molecule has 1 aliphatic heterocycles. The van der Waals surface area contributed by atoms with Gasteiger partial charge in [0.2, 0.25) is 10.0 Å². The summed E-state index contributed by atoms with van der Waals surface area (Å²) in [7, 11) is -3.20. The zero-order valence-electron chi connectivity index (χ0n) is 9.60. The summed E-state index contributed by atoms with van der Waals surface area (Å²) in [5.74, 6) is 0.994. The summed E-state index contributed by atoms with van der Waals surface area (Å²) < 4.78 is 24.5. The van der Waals surface area contributed by atoms with Crippen LogP contribution in [-0.4, -0.2) is 33.6 Å². The normalized spacial score (nSPS) is 15.2. The Morgan fingerprint density at radius 1 is 1.35 bits per heavy atom. The summed E-state index contributed by atoms with van der Waals surface area (Å²) in [6, 6.07) is 7.31. The molecule has 0 aliphatic carbocycles. The van der Waals surface area contributed by atoms with Crippen molar-refractivity contribution >= 4 is 21.5 Å². The predicted octanol–water partition coefficient (Wildman–Crippen LogP) is 0.602. The zero-order valence-corrected chi connectivity index (χ0v) is 10.4. The van der Waals surface area contributed by atoms with Gasteiger partial charge in [-0.2, -0.15) is 0 Å². The van der Waals surface area contributed by atoms with Crippen LogP contribution >= 0.6 is 0 Å². The molecule has 2 N–H and O–H groups in total. The van der Waals surface area contributed by atoms with Gasteiger partial charge in [-0.3, -0.25) is 9.71 Å². The van der Waals surface area contributed by atoms with Crippen LogP contribution in [0.3, 0.4) is 0 Å². The molecule has 0 unspecified atom stereocenters. The van der Waals surface area contributed by atoms with E-state index in [1.165, 1.54) is 0 Å². The Morgan fingerprint density at radius 2 is 2.06 bits per heavy atom. The van der Waals surface area contributed by atoms with Crippen molar-refractivity contribution in [1.82, 2.24) is 5.32 Å². The molecule has 0 radical (unpaired) electrons. The number of amidine groups is 1. The first-order valence-electron chi connectivity index (χ1n) is 5.37. The second-order valence-corrected chi connectivity index (χ2v) is 5.75. The summed E-state index contributed by atoms with van der Waals surface area (Å²) in [6.07, 6.45) is 1.90. The van der Waals surface area contributed by atoms with Crippen molar-refractivity contribution in [3.8, 4) is 0 Å². The number of sulfonamides is 1. The van der Waals surface area contributed by atoms with E-state index in [2.05, 4.69) is 15.0 Å². The molecule has 0 saturated carbocycles. The molecule has 0 amide bonds. The molecule has 1 heterocycles. The summed E-state index contributed by atoms with van der Waals surface area (Å²) in [5, 5.41) is 3.20. The van der Waals surface area contributed by atoms with E-state index in [1.807, 2.05) is 12.1 Å². The van der Waals surface area contributed by atoms with Crippen LogP contribution in [0.5, 0.6) is 0 Å². The standard InChI is InChI=1S/C11H15N3O2S/c1-17(15,16)14-10-4-2-9(3-5-10)8-11-12-6-7-13-11/h2-5,14H,6-8H2,1H3,(H,12,13). The number of benzene rings is 1. The van der Waals surface area contributed by atoms with Gasteiger partial charge in [0.1, 0.15) is 5.84 Å². The number of aliphatic imine (C=N–C) groups is 1. The summed E-state index contributed by atoms with van der Waals surface area (Å²) >= 11 is 0. The van der Waals surface area contributed by atoms with E-state index in [0.717, 1.165) is 37.2 Å². The molecule has 0 atom stereocenters. The van der Waals surface area contributed by atoms with Crippen LogP contribution in [0.1, 0.15) is 5.56 Å². The van der Waals surface area contributed by atoms with Crippen LogP contribution in [0, 0.1) is 0 Å². The Bertz CT molecular complexity index is 520. The average molecular weight is 253 g/mol. The van der Waals surface area contributed by atoms with Crippen molar-refractivity contribution in [2.45, 2.75) is 6.42 Å². The first-order valence-corrected chi connectivity index (χ1v) is 7.26. The van der Waals surface area contributed by atoms with Gasteiger partial charge in [0.15, 0.2) is 0 Å². The number of anilines is 1. The van der Waals surface area contributed by atoms with Gasteiger partial charge in [-0.1, -0.05) is 12.1 Å². The van der Waals surface area contributed by atoms with Gasteiger partial charge in [0.05, 0.1) is 12.8 Å². The molecule has 0 spiro atoms. The molecule has 0 bridgehead atoms. The monoisotopic (exact) mass is 253 g/mol. The number of rotatable bonds is 4. The fraction of sp³-hybridized carbons (Fsp3) is 0.364. The minimum absolute atomic E-state index is 0.581. The van der Waals surface area contributed by atoms with Gasteiger partial charge in [-0.05, 0) is 17.7 Å². The molecular formula is C11H15N3O2S. The lowest BCUT2D eigenvalue weighted by atomic mass is 10.1. The smallest absolute Gasteiger partial charge is 0.229 e. The molecule has 1 aromatic carbocycles. The van der Waals surface area contributed by atoms with Crippen LogP contribution in [0.2, 0.25) is 0 Å². The van der Waals surface area contributed by atoms with E-state index in [0.29, 0.717) is 5.69 Å². The second kappa shape index (κ2) is 4.75. The number of hydrogen-bond acceptors (Lipinski definition) is 4. The highest BCUT2D eigenvalue weighted by Gasteiger charge is 2.06. The van der Waals surface area contributed by atoms with Crippen molar-refractivity contribution in [2.75, 3.05) is 24.1 Å². The van der Waals surface area contributed by atoms with Crippen molar-refractivity contribution < 1.29 is 8.42 Å². The van der Waals surface area contributed by atoms with E-state index in [-0.39, 0.29) is 0 Å². The Hall–Kier alpha value is -1.56. The van der Waals surface area contributed by atoms with E-state index < -0.39 is 10.0 Å². The molecule has 2 rings (SSSR count). The fourth-order valence-corrected chi connectivity index (χ4v) is 2.23. The first-order chi connectivity index (χ1) is 8.03. The minimum atomic E-state index is -3.20. The summed E-state index contributed by atoms with van der Waals surface area (Å²) in [6.45, 7) is 1.74. The van der Waals surface area contributed by atoms with Gasteiger partial charge in [0, 0.05) is 18.7 Å². The maximum atomic E-state index is 11.0. The predicted molar refractivity (Wildman–Crippen MR) is 68.9 cm³/mol. The van der Waals surface area contributed by atoms with E-state index in [4.69, 9.17) is 0 Å². The first kappa shape index (κ1) is 11.9. The Labute approximate surface area is 101 Å². The van der Waals surface area contributed by atoms with Crippen LogP contribution in [-0.2, 0) is 16.4 Å².